The average Bonchev–Trinajstić information content (AvgIpc) is 2.68. The fourth-order valence-electron chi connectivity index (χ4n) is 2.83. The maximum absolute atomic E-state index is 12.3. The van der Waals surface area contributed by atoms with Crippen LogP contribution in [0.4, 0.5) is 8.78 Å². The highest BCUT2D eigenvalue weighted by Crippen LogP contribution is 2.17. The number of hydrogen-bond acceptors (Lipinski definition) is 4. The second kappa shape index (κ2) is 10.9. The van der Waals surface area contributed by atoms with Crippen molar-refractivity contribution in [3.63, 3.8) is 0 Å². The van der Waals surface area contributed by atoms with Gasteiger partial charge in [0.15, 0.2) is 15.8 Å². The van der Waals surface area contributed by atoms with Gasteiger partial charge in [-0.15, -0.1) is 0 Å². The number of benzene rings is 2. The van der Waals surface area contributed by atoms with Gasteiger partial charge in [0.25, 0.3) is 6.43 Å². The van der Waals surface area contributed by atoms with Crippen molar-refractivity contribution in [1.82, 2.24) is 10.6 Å². The van der Waals surface area contributed by atoms with Gasteiger partial charge in [0.1, 0.15) is 12.4 Å². The number of sulfone groups is 1. The van der Waals surface area contributed by atoms with Gasteiger partial charge in [-0.25, -0.2) is 22.2 Å². The standard InChI is InChI=1S/C21H27F2N3O3S/c1-4-24-21(25-12-16-6-5-7-18(11-16)29-14-20(22)23)26-13-17-8-9-19(15(2)10-17)30(3,27)28/h5-11,20H,4,12-14H2,1-3H3,(H2,24,25,26). The summed E-state index contributed by atoms with van der Waals surface area (Å²) >= 11 is 0. The van der Waals surface area contributed by atoms with E-state index in [9.17, 15) is 17.2 Å². The molecular formula is C21H27F2N3O3S. The van der Waals surface area contributed by atoms with Crippen LogP contribution in [0.3, 0.4) is 0 Å². The van der Waals surface area contributed by atoms with Crippen LogP contribution in [0, 0.1) is 6.92 Å². The first-order chi connectivity index (χ1) is 14.2. The molecule has 30 heavy (non-hydrogen) atoms. The normalized spacial score (nSPS) is 12.1. The molecule has 0 spiro atoms. The lowest BCUT2D eigenvalue weighted by atomic mass is 10.1. The molecule has 2 aromatic carbocycles. The van der Waals surface area contributed by atoms with Crippen molar-refractivity contribution in [3.8, 4) is 5.75 Å². The van der Waals surface area contributed by atoms with Gasteiger partial charge in [-0.1, -0.05) is 24.3 Å². The first kappa shape index (κ1) is 23.6. The molecule has 0 atom stereocenters. The van der Waals surface area contributed by atoms with E-state index in [1.807, 2.05) is 19.1 Å². The summed E-state index contributed by atoms with van der Waals surface area (Å²) in [5.41, 5.74) is 2.44. The molecule has 0 aliphatic heterocycles. The van der Waals surface area contributed by atoms with E-state index in [0.29, 0.717) is 41.8 Å². The molecule has 9 heteroatoms. The summed E-state index contributed by atoms with van der Waals surface area (Å²) in [6.45, 7) is 4.54. The van der Waals surface area contributed by atoms with E-state index in [-0.39, 0.29) is 0 Å². The highest BCUT2D eigenvalue weighted by Gasteiger charge is 2.11. The second-order valence-corrected chi connectivity index (χ2v) is 8.75. The van der Waals surface area contributed by atoms with Gasteiger partial charge in [-0.3, -0.25) is 0 Å². The summed E-state index contributed by atoms with van der Waals surface area (Å²) in [6.07, 6.45) is -1.33. The summed E-state index contributed by atoms with van der Waals surface area (Å²) in [4.78, 5) is 4.83. The molecule has 0 radical (unpaired) electrons. The van der Waals surface area contributed by atoms with Gasteiger partial charge in [0, 0.05) is 19.3 Å². The van der Waals surface area contributed by atoms with Crippen LogP contribution in [0.25, 0.3) is 0 Å². The monoisotopic (exact) mass is 439 g/mol. The average molecular weight is 440 g/mol. The lowest BCUT2D eigenvalue weighted by Gasteiger charge is -2.13. The van der Waals surface area contributed by atoms with Gasteiger partial charge in [0.05, 0.1) is 11.4 Å². The van der Waals surface area contributed by atoms with E-state index >= 15 is 0 Å². The third-order valence-corrected chi connectivity index (χ3v) is 5.39. The van der Waals surface area contributed by atoms with Crippen molar-refractivity contribution >= 4 is 15.8 Å². The van der Waals surface area contributed by atoms with Gasteiger partial charge in [-0.05, 0) is 48.7 Å². The third kappa shape index (κ3) is 7.62. The maximum atomic E-state index is 12.3. The molecule has 2 N–H and O–H groups in total. The third-order valence-electron chi connectivity index (χ3n) is 4.14. The van der Waals surface area contributed by atoms with Gasteiger partial charge >= 0.3 is 0 Å². The van der Waals surface area contributed by atoms with Crippen LogP contribution in [0.15, 0.2) is 52.4 Å². The van der Waals surface area contributed by atoms with E-state index in [0.717, 1.165) is 11.1 Å². The van der Waals surface area contributed by atoms with Crippen LogP contribution in [0.2, 0.25) is 0 Å². The minimum Gasteiger partial charge on any atom is -0.488 e. The van der Waals surface area contributed by atoms with Gasteiger partial charge in [-0.2, -0.15) is 0 Å². The summed E-state index contributed by atoms with van der Waals surface area (Å²) in [5.74, 6) is 0.962. The number of alkyl halides is 2. The van der Waals surface area contributed by atoms with Crippen molar-refractivity contribution in [2.45, 2.75) is 38.3 Å². The first-order valence-electron chi connectivity index (χ1n) is 9.50. The van der Waals surface area contributed by atoms with E-state index in [4.69, 9.17) is 4.74 Å². The highest BCUT2D eigenvalue weighted by atomic mass is 32.2. The van der Waals surface area contributed by atoms with Crippen molar-refractivity contribution < 1.29 is 21.9 Å². The number of aliphatic imine (C=N–C) groups is 1. The maximum Gasteiger partial charge on any atom is 0.272 e. The summed E-state index contributed by atoms with van der Waals surface area (Å²) < 4.78 is 53.1. The highest BCUT2D eigenvalue weighted by molar-refractivity contribution is 7.90. The molecule has 0 saturated heterocycles. The number of halogens is 2. The molecule has 0 fully saturated rings. The van der Waals surface area contributed by atoms with Crippen LogP contribution < -0.4 is 15.4 Å². The van der Waals surface area contributed by atoms with Crippen molar-refractivity contribution in [2.75, 3.05) is 19.4 Å². The molecule has 6 nitrogen and oxygen atoms in total. The predicted octanol–water partition coefficient (Wildman–Crippen LogP) is 3.30. The summed E-state index contributed by atoms with van der Waals surface area (Å²) in [5, 5.41) is 6.35. The Bertz CT molecular complexity index is 979. The number of aryl methyl sites for hydroxylation is 1. The van der Waals surface area contributed by atoms with Crippen molar-refractivity contribution in [2.24, 2.45) is 4.99 Å². The molecule has 0 unspecified atom stereocenters. The Hall–Kier alpha value is -2.68. The largest absolute Gasteiger partial charge is 0.488 e. The quantitative estimate of drug-likeness (QED) is 0.463. The molecule has 0 saturated carbocycles. The number of nitrogens with one attached hydrogen (secondary N) is 2. The molecule has 164 valence electrons. The van der Waals surface area contributed by atoms with E-state index in [2.05, 4.69) is 15.6 Å². The number of guanidine groups is 1. The first-order valence-corrected chi connectivity index (χ1v) is 11.4. The number of nitrogens with zero attached hydrogens (tertiary/aromatic N) is 1. The Kier molecular flexibility index (Phi) is 8.58. The van der Waals surface area contributed by atoms with E-state index in [1.165, 1.54) is 6.26 Å². The zero-order valence-electron chi connectivity index (χ0n) is 17.3. The summed E-state index contributed by atoms with van der Waals surface area (Å²) in [7, 11) is -3.25. The van der Waals surface area contributed by atoms with E-state index < -0.39 is 22.9 Å². The zero-order valence-corrected chi connectivity index (χ0v) is 18.1. The van der Waals surface area contributed by atoms with Crippen LogP contribution in [-0.4, -0.2) is 40.2 Å². The van der Waals surface area contributed by atoms with Gasteiger partial charge in [0.2, 0.25) is 0 Å². The molecule has 0 aliphatic carbocycles. The number of rotatable bonds is 9. The Balaban J connectivity index is 2.03. The smallest absolute Gasteiger partial charge is 0.272 e. The lowest BCUT2D eigenvalue weighted by Crippen LogP contribution is -2.36. The predicted molar refractivity (Wildman–Crippen MR) is 114 cm³/mol. The van der Waals surface area contributed by atoms with Crippen LogP contribution in [-0.2, 0) is 22.9 Å². The molecule has 0 amide bonds. The minimum atomic E-state index is -3.25. The molecular weight excluding hydrogens is 412 g/mol. The van der Waals surface area contributed by atoms with Crippen LogP contribution in [0.1, 0.15) is 23.6 Å². The Labute approximate surface area is 176 Å². The SMILES string of the molecule is CCNC(=NCc1cccc(OCC(F)F)c1)NCc1ccc(S(C)(=O)=O)c(C)c1. The topological polar surface area (TPSA) is 79.8 Å². The van der Waals surface area contributed by atoms with Crippen molar-refractivity contribution in [1.29, 1.82) is 0 Å². The minimum absolute atomic E-state index is 0.320. The Morgan fingerprint density at radius 1 is 1.13 bits per heavy atom. The van der Waals surface area contributed by atoms with Gasteiger partial charge < -0.3 is 15.4 Å². The molecule has 2 rings (SSSR count). The number of hydrogen-bond donors (Lipinski definition) is 2. The molecule has 0 aliphatic rings. The molecule has 0 aromatic heterocycles. The van der Waals surface area contributed by atoms with Crippen LogP contribution in [0.5, 0.6) is 5.75 Å². The Morgan fingerprint density at radius 3 is 2.53 bits per heavy atom. The zero-order chi connectivity index (χ0) is 22.1. The number of ether oxygens (including phenoxy) is 1. The summed E-state index contributed by atoms with van der Waals surface area (Å²) in [6, 6.07) is 12.1. The molecule has 2 aromatic rings. The van der Waals surface area contributed by atoms with Crippen LogP contribution >= 0.6 is 0 Å². The second-order valence-electron chi connectivity index (χ2n) is 6.77. The van der Waals surface area contributed by atoms with E-state index in [1.54, 1.807) is 37.3 Å². The molecule has 0 heterocycles. The lowest BCUT2D eigenvalue weighted by molar-refractivity contribution is 0.0818. The Morgan fingerprint density at radius 2 is 1.90 bits per heavy atom. The molecule has 0 bridgehead atoms. The fraction of sp³-hybridized carbons (Fsp3) is 0.381. The van der Waals surface area contributed by atoms with Crippen molar-refractivity contribution in [3.05, 3.63) is 59.2 Å². The fourth-order valence-corrected chi connectivity index (χ4v) is 3.79.